The first-order chi connectivity index (χ1) is 15.0. The summed E-state index contributed by atoms with van der Waals surface area (Å²) in [6.07, 6.45) is 3.83. The summed E-state index contributed by atoms with van der Waals surface area (Å²) in [6, 6.07) is 14.2. The van der Waals surface area contributed by atoms with Crippen LogP contribution in [0.2, 0.25) is 0 Å². The van der Waals surface area contributed by atoms with Gasteiger partial charge in [0.1, 0.15) is 5.60 Å². The first-order valence-corrected chi connectivity index (χ1v) is 10.2. The number of ether oxygens (including phenoxy) is 1. The maximum atomic E-state index is 16.7. The number of rotatable bonds is 5. The number of carbonyl (C=O) groups is 2. The lowest BCUT2D eigenvalue weighted by molar-refractivity contribution is -0.384. The number of nitrogens with zero attached hydrogens (tertiary/aromatic N) is 1. The number of carbonyl (C=O) groups excluding carboxylic acids is 2. The van der Waals surface area contributed by atoms with Crippen molar-refractivity contribution in [3.63, 3.8) is 0 Å². The van der Waals surface area contributed by atoms with E-state index in [9.17, 15) is 19.7 Å². The first kappa shape index (κ1) is 23.1. The van der Waals surface area contributed by atoms with Gasteiger partial charge < -0.3 is 4.74 Å². The van der Waals surface area contributed by atoms with Gasteiger partial charge in [0.15, 0.2) is 5.78 Å². The Morgan fingerprint density at radius 2 is 1.75 bits per heavy atom. The summed E-state index contributed by atoms with van der Waals surface area (Å²) in [6.45, 7) is 4.95. The largest absolute Gasteiger partial charge is 0.457 e. The first-order valence-electron chi connectivity index (χ1n) is 10.2. The van der Waals surface area contributed by atoms with Crippen LogP contribution in [0.25, 0.3) is 6.08 Å². The zero-order valence-electron chi connectivity index (χ0n) is 18.1. The molecule has 0 N–H and O–H groups in total. The molecule has 0 bridgehead atoms. The van der Waals surface area contributed by atoms with Gasteiger partial charge in [-0.3, -0.25) is 14.9 Å². The van der Waals surface area contributed by atoms with Crippen molar-refractivity contribution in [1.82, 2.24) is 0 Å². The summed E-state index contributed by atoms with van der Waals surface area (Å²) in [7, 11) is 0. The monoisotopic (exact) mass is 437 g/mol. The van der Waals surface area contributed by atoms with Crippen LogP contribution in [-0.4, -0.2) is 27.9 Å². The highest BCUT2D eigenvalue weighted by Gasteiger charge is 2.54. The number of nitro benzene ring substituents is 1. The lowest BCUT2D eigenvalue weighted by atomic mass is 9.71. The topological polar surface area (TPSA) is 86.5 Å². The average molecular weight is 437 g/mol. The molecular formula is C25H24FNO5. The van der Waals surface area contributed by atoms with Crippen LogP contribution in [0.15, 0.2) is 72.3 Å². The average Bonchev–Trinajstić information content (AvgIpc) is 2.73. The third kappa shape index (κ3) is 4.99. The molecule has 0 spiro atoms. The van der Waals surface area contributed by atoms with Crippen LogP contribution in [-0.2, 0) is 14.3 Å². The van der Waals surface area contributed by atoms with E-state index in [4.69, 9.17) is 4.74 Å². The summed E-state index contributed by atoms with van der Waals surface area (Å²) in [5, 5.41) is 10.8. The van der Waals surface area contributed by atoms with Crippen molar-refractivity contribution in [1.29, 1.82) is 0 Å². The SMILES string of the molecule is CC(C)(C)OC(=O)[C@@]1(F)C(/C=C/c2ccc([N+](=O)[O-])cc2)=CC(=O)C[C@H]1c1ccccc1. The standard InChI is InChI=1S/C25H24FNO5/c1-24(2,3)32-23(29)25(26)19(12-9-17-10-13-20(14-11-17)27(30)31)15-21(28)16-22(25)18-7-5-4-6-8-18/h4-15,22H,16H2,1-3H3/b12-9+/t22-,25+/m0/s1. The molecule has 7 heteroatoms. The second-order valence-electron chi connectivity index (χ2n) is 8.63. The second-order valence-corrected chi connectivity index (χ2v) is 8.63. The molecule has 0 saturated carbocycles. The number of hydrogen-bond donors (Lipinski definition) is 0. The van der Waals surface area contributed by atoms with Crippen molar-refractivity contribution in [3.8, 4) is 0 Å². The maximum Gasteiger partial charge on any atom is 0.349 e. The molecule has 3 rings (SSSR count). The van der Waals surface area contributed by atoms with Gasteiger partial charge >= 0.3 is 5.97 Å². The lowest BCUT2D eigenvalue weighted by Gasteiger charge is -2.37. The molecule has 1 aliphatic carbocycles. The number of non-ortho nitro benzene ring substituents is 1. The highest BCUT2D eigenvalue weighted by atomic mass is 19.1. The Labute approximate surface area is 185 Å². The molecule has 32 heavy (non-hydrogen) atoms. The molecule has 0 heterocycles. The van der Waals surface area contributed by atoms with Gasteiger partial charge in [-0.15, -0.1) is 0 Å². The van der Waals surface area contributed by atoms with Gasteiger partial charge in [0.05, 0.1) is 4.92 Å². The molecule has 0 aromatic heterocycles. The second kappa shape index (κ2) is 8.86. The van der Waals surface area contributed by atoms with Crippen molar-refractivity contribution in [2.24, 2.45) is 0 Å². The van der Waals surface area contributed by atoms with Crippen LogP contribution >= 0.6 is 0 Å². The van der Waals surface area contributed by atoms with Gasteiger partial charge in [0.2, 0.25) is 5.67 Å². The number of alkyl halides is 1. The van der Waals surface area contributed by atoms with Gasteiger partial charge in [-0.25, -0.2) is 9.18 Å². The number of hydrogen-bond acceptors (Lipinski definition) is 5. The van der Waals surface area contributed by atoms with Crippen LogP contribution in [0.4, 0.5) is 10.1 Å². The molecule has 2 aromatic rings. The smallest absolute Gasteiger partial charge is 0.349 e. The highest BCUT2D eigenvalue weighted by Crippen LogP contribution is 2.45. The molecule has 0 radical (unpaired) electrons. The Hall–Kier alpha value is -3.61. The molecule has 0 fully saturated rings. The van der Waals surface area contributed by atoms with Crippen molar-refractivity contribution in [2.45, 2.75) is 44.4 Å². The fourth-order valence-corrected chi connectivity index (χ4v) is 3.59. The summed E-state index contributed by atoms with van der Waals surface area (Å²) in [5.41, 5.74) is -2.63. The van der Waals surface area contributed by atoms with Crippen molar-refractivity contribution in [2.75, 3.05) is 0 Å². The van der Waals surface area contributed by atoms with E-state index in [1.165, 1.54) is 36.4 Å². The number of esters is 1. The molecule has 2 atom stereocenters. The molecular weight excluding hydrogens is 413 g/mol. The van der Waals surface area contributed by atoms with Gasteiger partial charge in [0, 0.05) is 30.0 Å². The Balaban J connectivity index is 2.05. The molecule has 0 unspecified atom stereocenters. The van der Waals surface area contributed by atoms with E-state index in [2.05, 4.69) is 0 Å². The number of nitro groups is 1. The Kier molecular flexibility index (Phi) is 6.39. The molecule has 1 aliphatic rings. The summed E-state index contributed by atoms with van der Waals surface area (Å²) in [4.78, 5) is 35.9. The number of allylic oxidation sites excluding steroid dienone is 2. The summed E-state index contributed by atoms with van der Waals surface area (Å²) >= 11 is 0. The quantitative estimate of drug-likeness (QED) is 0.358. The lowest BCUT2D eigenvalue weighted by Crippen LogP contribution is -2.48. The van der Waals surface area contributed by atoms with E-state index in [-0.39, 0.29) is 23.5 Å². The van der Waals surface area contributed by atoms with Crippen LogP contribution in [0.5, 0.6) is 0 Å². The van der Waals surface area contributed by atoms with Gasteiger partial charge in [-0.2, -0.15) is 0 Å². The van der Waals surface area contributed by atoms with Gasteiger partial charge in [-0.1, -0.05) is 42.5 Å². The summed E-state index contributed by atoms with van der Waals surface area (Å²) in [5.74, 6) is -2.42. The van der Waals surface area contributed by atoms with Gasteiger partial charge in [-0.05, 0) is 50.1 Å². The van der Waals surface area contributed by atoms with E-state index in [0.29, 0.717) is 11.1 Å². The predicted octanol–water partition coefficient (Wildman–Crippen LogP) is 5.34. The molecule has 6 nitrogen and oxygen atoms in total. The maximum absolute atomic E-state index is 16.7. The van der Waals surface area contributed by atoms with E-state index in [0.717, 1.165) is 6.08 Å². The van der Waals surface area contributed by atoms with E-state index < -0.39 is 28.1 Å². The molecule has 166 valence electrons. The minimum atomic E-state index is -2.58. The van der Waals surface area contributed by atoms with Crippen molar-refractivity contribution >= 4 is 23.5 Å². The minimum absolute atomic E-state index is 0.0769. The molecule has 0 amide bonds. The normalized spacial score (nSPS) is 21.3. The number of halogens is 1. The number of ketones is 1. The van der Waals surface area contributed by atoms with E-state index in [1.54, 1.807) is 51.1 Å². The fraction of sp³-hybridized carbons (Fsp3) is 0.280. The zero-order chi connectivity index (χ0) is 23.5. The fourth-order valence-electron chi connectivity index (χ4n) is 3.59. The van der Waals surface area contributed by atoms with Crippen LogP contribution in [0.3, 0.4) is 0 Å². The molecule has 0 saturated heterocycles. The van der Waals surface area contributed by atoms with Crippen LogP contribution in [0, 0.1) is 10.1 Å². The minimum Gasteiger partial charge on any atom is -0.457 e. The van der Waals surface area contributed by atoms with Crippen LogP contribution in [0.1, 0.15) is 44.2 Å². The zero-order valence-corrected chi connectivity index (χ0v) is 18.1. The van der Waals surface area contributed by atoms with E-state index in [1.807, 2.05) is 0 Å². The Morgan fingerprint density at radius 1 is 1.12 bits per heavy atom. The van der Waals surface area contributed by atoms with Crippen molar-refractivity contribution < 1.29 is 23.6 Å². The van der Waals surface area contributed by atoms with Crippen molar-refractivity contribution in [3.05, 3.63) is 93.6 Å². The van der Waals surface area contributed by atoms with Crippen LogP contribution < -0.4 is 0 Å². The predicted molar refractivity (Wildman–Crippen MR) is 119 cm³/mol. The third-order valence-electron chi connectivity index (χ3n) is 5.08. The van der Waals surface area contributed by atoms with Gasteiger partial charge in [0.25, 0.3) is 5.69 Å². The highest BCUT2D eigenvalue weighted by molar-refractivity contribution is 5.99. The Bertz CT molecular complexity index is 1080. The third-order valence-corrected chi connectivity index (χ3v) is 5.08. The molecule has 0 aliphatic heterocycles. The number of benzene rings is 2. The van der Waals surface area contributed by atoms with E-state index >= 15 is 4.39 Å². The molecule has 2 aromatic carbocycles. The summed E-state index contributed by atoms with van der Waals surface area (Å²) < 4.78 is 22.1. The Morgan fingerprint density at radius 3 is 2.31 bits per heavy atom.